The van der Waals surface area contributed by atoms with Crippen LogP contribution in [0.2, 0.25) is 0 Å². The van der Waals surface area contributed by atoms with Gasteiger partial charge in [-0.25, -0.2) is 0 Å². The molecule has 0 spiro atoms. The van der Waals surface area contributed by atoms with E-state index in [0.717, 1.165) is 0 Å². The molecule has 66 valence electrons. The molecule has 0 aromatic rings. The second-order valence-corrected chi connectivity index (χ2v) is 2.49. The number of hydrogen-bond acceptors (Lipinski definition) is 5. The third-order valence-corrected chi connectivity index (χ3v) is 1.69. The zero-order chi connectivity index (χ0) is 8.43. The molecular formula is C6H12O5. The number of ether oxygens (including phenoxy) is 2. The Hall–Kier alpha value is -0.200. The lowest BCUT2D eigenvalue weighted by atomic mass is 10.1. The van der Waals surface area contributed by atoms with Crippen molar-refractivity contribution >= 4 is 0 Å². The average molecular weight is 164 g/mol. The van der Waals surface area contributed by atoms with Gasteiger partial charge in [-0.3, -0.25) is 0 Å². The third-order valence-electron chi connectivity index (χ3n) is 1.69. The van der Waals surface area contributed by atoms with E-state index in [2.05, 4.69) is 4.74 Å². The first-order valence-electron chi connectivity index (χ1n) is 3.35. The number of methoxy groups -OCH3 is 1. The molecule has 5 heteroatoms. The summed E-state index contributed by atoms with van der Waals surface area (Å²) >= 11 is 0. The van der Waals surface area contributed by atoms with Crippen LogP contribution < -0.4 is 0 Å². The molecule has 0 radical (unpaired) electrons. The van der Waals surface area contributed by atoms with Crippen molar-refractivity contribution in [2.75, 3.05) is 13.7 Å². The van der Waals surface area contributed by atoms with Crippen LogP contribution in [0.5, 0.6) is 0 Å². The highest BCUT2D eigenvalue weighted by Crippen LogP contribution is 2.15. The zero-order valence-electron chi connectivity index (χ0n) is 6.17. The molecule has 1 unspecified atom stereocenters. The molecule has 0 saturated carbocycles. The minimum Gasteiger partial charge on any atom is -0.388 e. The standard InChI is InChI=1S/C6H12O5/c1-10-6-5(9)4(8)3(7)2-11-6/h3-9H,2H2,1H3/t3-,4+,5+,6?/m1/s1. The average Bonchev–Trinajstić information content (AvgIpc) is 2.01. The normalized spacial score (nSPS) is 45.8. The van der Waals surface area contributed by atoms with E-state index in [1.807, 2.05) is 0 Å². The molecule has 0 aromatic carbocycles. The zero-order valence-corrected chi connectivity index (χ0v) is 6.17. The summed E-state index contributed by atoms with van der Waals surface area (Å²) in [6.07, 6.45) is -4.23. The van der Waals surface area contributed by atoms with Crippen molar-refractivity contribution in [3.05, 3.63) is 0 Å². The van der Waals surface area contributed by atoms with Crippen LogP contribution in [-0.2, 0) is 9.47 Å². The van der Waals surface area contributed by atoms with E-state index in [-0.39, 0.29) is 6.61 Å². The Morgan fingerprint density at radius 1 is 1.27 bits per heavy atom. The monoisotopic (exact) mass is 164 g/mol. The van der Waals surface area contributed by atoms with Gasteiger partial charge in [0.25, 0.3) is 0 Å². The second kappa shape index (κ2) is 3.46. The van der Waals surface area contributed by atoms with E-state index < -0.39 is 24.6 Å². The minimum absolute atomic E-state index is 0.0171. The molecule has 0 bridgehead atoms. The van der Waals surface area contributed by atoms with Gasteiger partial charge in [0.05, 0.1) is 6.61 Å². The largest absolute Gasteiger partial charge is 0.388 e. The van der Waals surface area contributed by atoms with Crippen molar-refractivity contribution < 1.29 is 24.8 Å². The Labute approximate surface area is 64.2 Å². The molecule has 1 saturated heterocycles. The fraction of sp³-hybridized carbons (Fsp3) is 1.00. The van der Waals surface area contributed by atoms with Gasteiger partial charge in [-0.05, 0) is 0 Å². The van der Waals surface area contributed by atoms with E-state index in [4.69, 9.17) is 20.1 Å². The molecule has 0 amide bonds. The lowest BCUT2D eigenvalue weighted by molar-refractivity contribution is -0.261. The molecule has 11 heavy (non-hydrogen) atoms. The van der Waals surface area contributed by atoms with Crippen molar-refractivity contribution in [3.8, 4) is 0 Å². The van der Waals surface area contributed by atoms with Crippen molar-refractivity contribution in [3.63, 3.8) is 0 Å². The molecule has 1 aliphatic rings. The van der Waals surface area contributed by atoms with E-state index in [1.165, 1.54) is 7.11 Å². The fourth-order valence-corrected chi connectivity index (χ4v) is 0.987. The number of hydrogen-bond donors (Lipinski definition) is 3. The van der Waals surface area contributed by atoms with Crippen molar-refractivity contribution in [2.24, 2.45) is 0 Å². The Morgan fingerprint density at radius 2 is 1.91 bits per heavy atom. The quantitative estimate of drug-likeness (QED) is 0.420. The lowest BCUT2D eigenvalue weighted by Gasteiger charge is -2.33. The van der Waals surface area contributed by atoms with E-state index >= 15 is 0 Å². The van der Waals surface area contributed by atoms with Gasteiger partial charge in [-0.2, -0.15) is 0 Å². The van der Waals surface area contributed by atoms with Crippen LogP contribution in [0.4, 0.5) is 0 Å². The first-order valence-corrected chi connectivity index (χ1v) is 3.35. The third kappa shape index (κ3) is 1.69. The Kier molecular flexibility index (Phi) is 2.80. The van der Waals surface area contributed by atoms with Crippen molar-refractivity contribution in [1.82, 2.24) is 0 Å². The van der Waals surface area contributed by atoms with Crippen LogP contribution >= 0.6 is 0 Å². The molecule has 1 rings (SSSR count). The summed E-state index contributed by atoms with van der Waals surface area (Å²) in [6.45, 7) is -0.0171. The molecule has 1 fully saturated rings. The summed E-state index contributed by atoms with van der Waals surface area (Å²) in [5.74, 6) is 0. The van der Waals surface area contributed by atoms with Gasteiger partial charge in [0.2, 0.25) is 0 Å². The number of aliphatic hydroxyl groups excluding tert-OH is 3. The first kappa shape index (κ1) is 8.89. The summed E-state index contributed by atoms with van der Waals surface area (Å²) in [4.78, 5) is 0. The van der Waals surface area contributed by atoms with Gasteiger partial charge >= 0.3 is 0 Å². The van der Waals surface area contributed by atoms with Crippen LogP contribution in [0.15, 0.2) is 0 Å². The molecule has 1 aliphatic heterocycles. The summed E-state index contributed by atoms with van der Waals surface area (Å²) in [6, 6.07) is 0. The van der Waals surface area contributed by atoms with Crippen LogP contribution in [0.1, 0.15) is 0 Å². The molecule has 4 atom stereocenters. The van der Waals surface area contributed by atoms with Crippen LogP contribution in [0.3, 0.4) is 0 Å². The highest BCUT2D eigenvalue weighted by molar-refractivity contribution is 4.81. The fourth-order valence-electron chi connectivity index (χ4n) is 0.987. The predicted molar refractivity (Wildman–Crippen MR) is 34.8 cm³/mol. The molecular weight excluding hydrogens is 152 g/mol. The molecule has 0 aromatic heterocycles. The van der Waals surface area contributed by atoms with Crippen molar-refractivity contribution in [1.29, 1.82) is 0 Å². The van der Waals surface area contributed by atoms with Crippen LogP contribution in [0.25, 0.3) is 0 Å². The maximum atomic E-state index is 9.15. The van der Waals surface area contributed by atoms with E-state index in [1.54, 1.807) is 0 Å². The Morgan fingerprint density at radius 3 is 2.45 bits per heavy atom. The summed E-state index contributed by atoms with van der Waals surface area (Å²) in [5, 5.41) is 27.2. The summed E-state index contributed by atoms with van der Waals surface area (Å²) in [5.41, 5.74) is 0. The summed E-state index contributed by atoms with van der Waals surface area (Å²) < 4.78 is 9.52. The second-order valence-electron chi connectivity index (χ2n) is 2.49. The van der Waals surface area contributed by atoms with Gasteiger partial charge < -0.3 is 24.8 Å². The maximum absolute atomic E-state index is 9.15. The van der Waals surface area contributed by atoms with Crippen LogP contribution in [-0.4, -0.2) is 53.6 Å². The van der Waals surface area contributed by atoms with Gasteiger partial charge in [0, 0.05) is 7.11 Å². The molecule has 3 N–H and O–H groups in total. The van der Waals surface area contributed by atoms with Gasteiger partial charge in [-0.15, -0.1) is 0 Å². The maximum Gasteiger partial charge on any atom is 0.185 e. The van der Waals surface area contributed by atoms with E-state index in [9.17, 15) is 0 Å². The summed E-state index contributed by atoms with van der Waals surface area (Å²) in [7, 11) is 1.36. The number of aliphatic hydroxyl groups is 3. The number of rotatable bonds is 1. The molecule has 5 nitrogen and oxygen atoms in total. The van der Waals surface area contributed by atoms with Gasteiger partial charge in [0.1, 0.15) is 18.3 Å². The van der Waals surface area contributed by atoms with Crippen molar-refractivity contribution in [2.45, 2.75) is 24.6 Å². The molecule has 1 heterocycles. The Balaban J connectivity index is 2.52. The van der Waals surface area contributed by atoms with Gasteiger partial charge in [-0.1, -0.05) is 0 Å². The topological polar surface area (TPSA) is 79.2 Å². The predicted octanol–water partition coefficient (Wildman–Crippen LogP) is -1.93. The highest BCUT2D eigenvalue weighted by Gasteiger charge is 2.37. The highest BCUT2D eigenvalue weighted by atomic mass is 16.7. The van der Waals surface area contributed by atoms with Crippen LogP contribution in [0, 0.1) is 0 Å². The first-order chi connectivity index (χ1) is 5.16. The van der Waals surface area contributed by atoms with E-state index in [0.29, 0.717) is 0 Å². The minimum atomic E-state index is -1.19. The molecule has 0 aliphatic carbocycles. The smallest absolute Gasteiger partial charge is 0.185 e. The SMILES string of the molecule is COC1OC[C@@H](O)[C@H](O)[C@@H]1O. The van der Waals surface area contributed by atoms with Gasteiger partial charge in [0.15, 0.2) is 6.29 Å². The lowest BCUT2D eigenvalue weighted by Crippen LogP contribution is -2.53. The Bertz CT molecular complexity index is 126.